The first kappa shape index (κ1) is 9.58. The van der Waals surface area contributed by atoms with Crippen LogP contribution in [0.2, 0.25) is 0 Å². The highest BCUT2D eigenvalue weighted by atomic mass is 79.9. The van der Waals surface area contributed by atoms with Crippen LogP contribution in [0.3, 0.4) is 0 Å². The van der Waals surface area contributed by atoms with Gasteiger partial charge in [0.25, 0.3) is 0 Å². The van der Waals surface area contributed by atoms with Crippen molar-refractivity contribution in [3.63, 3.8) is 0 Å². The Labute approximate surface area is 100 Å². The molecule has 1 atom stereocenters. The zero-order valence-corrected chi connectivity index (χ0v) is 10.3. The Morgan fingerprint density at radius 1 is 1.40 bits per heavy atom. The Morgan fingerprint density at radius 2 is 2.27 bits per heavy atom. The monoisotopic (exact) mass is 280 g/mol. The van der Waals surface area contributed by atoms with Crippen LogP contribution in [-0.2, 0) is 0 Å². The van der Waals surface area contributed by atoms with E-state index in [1.165, 1.54) is 15.6 Å². The third-order valence-electron chi connectivity index (χ3n) is 2.68. The summed E-state index contributed by atoms with van der Waals surface area (Å²) in [6.45, 7) is 0. The molecule has 0 radical (unpaired) electrons. The summed E-state index contributed by atoms with van der Waals surface area (Å²) in [7, 11) is 0. The van der Waals surface area contributed by atoms with Gasteiger partial charge in [-0.15, -0.1) is 11.3 Å². The molecule has 0 spiro atoms. The molecule has 76 valence electrons. The second-order valence-electron chi connectivity index (χ2n) is 3.65. The van der Waals surface area contributed by atoms with Gasteiger partial charge in [0.05, 0.1) is 6.10 Å². The molecule has 3 rings (SSSR count). The van der Waals surface area contributed by atoms with Crippen molar-refractivity contribution in [1.82, 2.24) is 0 Å². The van der Waals surface area contributed by atoms with Crippen LogP contribution in [0.5, 0.6) is 0 Å². The van der Waals surface area contributed by atoms with E-state index in [2.05, 4.69) is 28.1 Å². The van der Waals surface area contributed by atoms with Gasteiger partial charge in [0.1, 0.15) is 0 Å². The van der Waals surface area contributed by atoms with Gasteiger partial charge in [-0.05, 0) is 34.0 Å². The van der Waals surface area contributed by atoms with Crippen molar-refractivity contribution in [3.8, 4) is 0 Å². The smallest absolute Gasteiger partial charge is 0.0922 e. The van der Waals surface area contributed by atoms with E-state index in [1.54, 1.807) is 11.3 Å². The Balaban J connectivity index is 2.41. The van der Waals surface area contributed by atoms with Crippen molar-refractivity contribution < 1.29 is 5.11 Å². The van der Waals surface area contributed by atoms with E-state index in [4.69, 9.17) is 0 Å². The molecule has 1 N–H and O–H groups in total. The van der Waals surface area contributed by atoms with Crippen molar-refractivity contribution in [2.45, 2.75) is 12.5 Å². The summed E-state index contributed by atoms with van der Waals surface area (Å²) >= 11 is 5.23. The number of benzene rings is 1. The first-order chi connectivity index (χ1) is 7.27. The summed E-state index contributed by atoms with van der Waals surface area (Å²) in [5.74, 6) is 0. The number of halogens is 1. The topological polar surface area (TPSA) is 20.2 Å². The van der Waals surface area contributed by atoms with E-state index in [-0.39, 0.29) is 6.10 Å². The average Bonchev–Trinajstić information content (AvgIpc) is 2.60. The number of aliphatic hydroxyl groups is 1. The Bertz CT molecular complexity index is 556. The predicted molar refractivity (Wildman–Crippen MR) is 68.1 cm³/mol. The third kappa shape index (κ3) is 1.38. The zero-order chi connectivity index (χ0) is 10.4. The van der Waals surface area contributed by atoms with E-state index in [1.807, 2.05) is 18.2 Å². The summed E-state index contributed by atoms with van der Waals surface area (Å²) < 4.78 is 2.34. The maximum absolute atomic E-state index is 9.90. The van der Waals surface area contributed by atoms with Gasteiger partial charge in [0.15, 0.2) is 0 Å². The van der Waals surface area contributed by atoms with E-state index >= 15 is 0 Å². The van der Waals surface area contributed by atoms with E-state index in [9.17, 15) is 5.11 Å². The maximum atomic E-state index is 9.90. The van der Waals surface area contributed by atoms with Crippen molar-refractivity contribution in [2.75, 3.05) is 0 Å². The molecule has 1 nitrogen and oxygen atoms in total. The lowest BCUT2D eigenvalue weighted by Crippen LogP contribution is -1.97. The largest absolute Gasteiger partial charge is 0.387 e. The number of fused-ring (bicyclic) bond motifs is 3. The van der Waals surface area contributed by atoms with Crippen molar-refractivity contribution in [3.05, 3.63) is 39.2 Å². The third-order valence-corrected chi connectivity index (χ3v) is 4.96. The van der Waals surface area contributed by atoms with Crippen LogP contribution in [0, 0.1) is 0 Å². The molecule has 0 saturated heterocycles. The predicted octanol–water partition coefficient (Wildman–Crippen LogP) is 4.11. The molecular formula is C12H9BrOS. The molecule has 1 aliphatic carbocycles. The van der Waals surface area contributed by atoms with Gasteiger partial charge < -0.3 is 5.11 Å². The van der Waals surface area contributed by atoms with Crippen LogP contribution in [0.4, 0.5) is 0 Å². The second-order valence-corrected chi connectivity index (χ2v) is 5.56. The zero-order valence-electron chi connectivity index (χ0n) is 7.90. The molecule has 0 saturated carbocycles. The average molecular weight is 281 g/mol. The maximum Gasteiger partial charge on any atom is 0.0922 e. The number of rotatable bonds is 0. The van der Waals surface area contributed by atoms with Crippen LogP contribution < -0.4 is 0 Å². The summed E-state index contributed by atoms with van der Waals surface area (Å²) in [6, 6.07) is 6.19. The number of hydrogen-bond donors (Lipinski definition) is 1. The fourth-order valence-corrected chi connectivity index (χ4v) is 3.77. The lowest BCUT2D eigenvalue weighted by atomic mass is 10.0. The molecular weight excluding hydrogens is 272 g/mol. The Kier molecular flexibility index (Phi) is 2.20. The molecule has 1 aromatic heterocycles. The summed E-state index contributed by atoms with van der Waals surface area (Å²) in [5, 5.41) is 11.1. The minimum absolute atomic E-state index is 0.325. The minimum Gasteiger partial charge on any atom is -0.387 e. The highest BCUT2D eigenvalue weighted by molar-refractivity contribution is 9.10. The van der Waals surface area contributed by atoms with Gasteiger partial charge >= 0.3 is 0 Å². The fraction of sp³-hybridized carbons (Fsp3) is 0.167. The van der Waals surface area contributed by atoms with Gasteiger partial charge in [-0.1, -0.05) is 24.3 Å². The van der Waals surface area contributed by atoms with E-state index < -0.39 is 0 Å². The molecule has 0 aliphatic heterocycles. The molecule has 1 aliphatic rings. The van der Waals surface area contributed by atoms with E-state index in [0.29, 0.717) is 0 Å². The van der Waals surface area contributed by atoms with Gasteiger partial charge in [0, 0.05) is 19.4 Å². The molecule has 0 fully saturated rings. The van der Waals surface area contributed by atoms with Gasteiger partial charge in [-0.2, -0.15) is 0 Å². The van der Waals surface area contributed by atoms with Crippen LogP contribution in [-0.4, -0.2) is 5.11 Å². The standard InChI is InChI=1S/C12H9BrOS/c13-9-5-1-3-7-8-4-2-6-10(14)12(8)15-11(7)9/h1-5,10,14H,6H2. The Hall–Kier alpha value is -0.640. The summed E-state index contributed by atoms with van der Waals surface area (Å²) in [5.41, 5.74) is 1.19. The molecule has 2 aromatic rings. The molecule has 1 unspecified atom stereocenters. The van der Waals surface area contributed by atoms with Gasteiger partial charge in [0.2, 0.25) is 0 Å². The molecule has 0 bridgehead atoms. The normalized spacial score (nSPS) is 19.5. The first-order valence-corrected chi connectivity index (χ1v) is 6.44. The molecule has 1 aromatic carbocycles. The number of thiophene rings is 1. The van der Waals surface area contributed by atoms with Crippen LogP contribution in [0.15, 0.2) is 28.7 Å². The lowest BCUT2D eigenvalue weighted by Gasteiger charge is -2.11. The van der Waals surface area contributed by atoms with Crippen molar-refractivity contribution in [2.24, 2.45) is 0 Å². The number of hydrogen-bond acceptors (Lipinski definition) is 2. The SMILES string of the molecule is OC1CC=Cc2c1sc1c(Br)cccc21. The molecule has 0 amide bonds. The van der Waals surface area contributed by atoms with Gasteiger partial charge in [-0.25, -0.2) is 0 Å². The van der Waals surface area contributed by atoms with Crippen LogP contribution in [0.1, 0.15) is 23.0 Å². The first-order valence-electron chi connectivity index (χ1n) is 4.83. The molecule has 1 heterocycles. The molecule has 15 heavy (non-hydrogen) atoms. The van der Waals surface area contributed by atoms with Crippen molar-refractivity contribution in [1.29, 1.82) is 0 Å². The van der Waals surface area contributed by atoms with E-state index in [0.717, 1.165) is 15.8 Å². The highest BCUT2D eigenvalue weighted by Crippen LogP contribution is 2.42. The quantitative estimate of drug-likeness (QED) is 0.770. The minimum atomic E-state index is -0.325. The Morgan fingerprint density at radius 3 is 3.13 bits per heavy atom. The van der Waals surface area contributed by atoms with Crippen LogP contribution >= 0.6 is 27.3 Å². The molecule has 3 heteroatoms. The lowest BCUT2D eigenvalue weighted by molar-refractivity contribution is 0.184. The fourth-order valence-electron chi connectivity index (χ4n) is 1.96. The second kappa shape index (κ2) is 3.44. The number of aliphatic hydroxyl groups excluding tert-OH is 1. The van der Waals surface area contributed by atoms with Crippen molar-refractivity contribution >= 4 is 43.4 Å². The summed E-state index contributed by atoms with van der Waals surface area (Å²) in [4.78, 5) is 1.10. The van der Waals surface area contributed by atoms with Crippen LogP contribution in [0.25, 0.3) is 16.2 Å². The van der Waals surface area contributed by atoms with Gasteiger partial charge in [-0.3, -0.25) is 0 Å². The highest BCUT2D eigenvalue weighted by Gasteiger charge is 2.20. The summed E-state index contributed by atoms with van der Waals surface area (Å²) in [6.07, 6.45) is 4.57.